The Labute approximate surface area is 178 Å². The van der Waals surface area contributed by atoms with E-state index in [1.807, 2.05) is 30.3 Å². The molecule has 0 bridgehead atoms. The van der Waals surface area contributed by atoms with Gasteiger partial charge in [-0.3, -0.25) is 0 Å². The fourth-order valence-corrected chi connectivity index (χ4v) is 5.07. The number of ether oxygens (including phenoxy) is 1. The van der Waals surface area contributed by atoms with Crippen LogP contribution in [0, 0.1) is 5.82 Å². The highest BCUT2D eigenvalue weighted by Crippen LogP contribution is 2.37. The Kier molecular flexibility index (Phi) is 5.04. The number of nitrogens with zero attached hydrogens (tertiary/aromatic N) is 4. The van der Waals surface area contributed by atoms with Gasteiger partial charge in [-0.15, -0.1) is 11.3 Å². The van der Waals surface area contributed by atoms with Crippen LogP contribution in [0.4, 0.5) is 10.2 Å². The molecule has 4 aromatic rings. The monoisotopic (exact) mass is 420 g/mol. The molecule has 0 aliphatic carbocycles. The van der Waals surface area contributed by atoms with Crippen molar-refractivity contribution in [2.75, 3.05) is 25.1 Å². The molecule has 0 saturated carbocycles. The molecule has 5 nitrogen and oxygen atoms in total. The smallest absolute Gasteiger partial charge is 0.149 e. The number of methoxy groups -OCH3 is 1. The summed E-state index contributed by atoms with van der Waals surface area (Å²) in [6.45, 7) is 1.72. The van der Waals surface area contributed by atoms with Crippen LogP contribution in [0.25, 0.3) is 22.2 Å². The third kappa shape index (κ3) is 3.39. The highest BCUT2D eigenvalue weighted by Gasteiger charge is 2.25. The summed E-state index contributed by atoms with van der Waals surface area (Å²) < 4.78 is 19.6. The molecule has 1 saturated heterocycles. The summed E-state index contributed by atoms with van der Waals surface area (Å²) in [4.78, 5) is 15.7. The van der Waals surface area contributed by atoms with Gasteiger partial charge in [0.25, 0.3) is 0 Å². The first-order valence-corrected chi connectivity index (χ1v) is 10.9. The molecule has 0 amide bonds. The number of rotatable bonds is 4. The molecule has 0 radical (unpaired) electrons. The molecule has 3 heterocycles. The van der Waals surface area contributed by atoms with E-state index >= 15 is 0 Å². The summed E-state index contributed by atoms with van der Waals surface area (Å²) in [6.07, 6.45) is 3.42. The molecule has 1 fully saturated rings. The van der Waals surface area contributed by atoms with Crippen molar-refractivity contribution in [1.82, 2.24) is 15.0 Å². The van der Waals surface area contributed by atoms with E-state index in [9.17, 15) is 4.39 Å². The fraction of sp³-hybridized carbons (Fsp3) is 0.261. The highest BCUT2D eigenvalue weighted by atomic mass is 32.1. The average Bonchev–Trinajstić information content (AvgIpc) is 3.29. The average molecular weight is 421 g/mol. The van der Waals surface area contributed by atoms with E-state index in [4.69, 9.17) is 9.72 Å². The van der Waals surface area contributed by atoms with Crippen molar-refractivity contribution in [1.29, 1.82) is 0 Å². The Balaban J connectivity index is 1.34. The number of para-hydroxylation sites is 2. The maximum atomic E-state index is 14.1. The predicted octanol–water partition coefficient (Wildman–Crippen LogP) is 5.29. The largest absolute Gasteiger partial charge is 0.496 e. The van der Waals surface area contributed by atoms with E-state index in [-0.39, 0.29) is 5.82 Å². The van der Waals surface area contributed by atoms with Gasteiger partial charge in [-0.05, 0) is 37.1 Å². The number of hydrogen-bond donors (Lipinski definition) is 0. The maximum Gasteiger partial charge on any atom is 0.149 e. The van der Waals surface area contributed by atoms with Crippen LogP contribution in [-0.2, 0) is 0 Å². The highest BCUT2D eigenvalue weighted by molar-refractivity contribution is 7.10. The van der Waals surface area contributed by atoms with Crippen LogP contribution in [0.2, 0.25) is 0 Å². The van der Waals surface area contributed by atoms with E-state index in [2.05, 4.69) is 20.2 Å². The minimum atomic E-state index is -0.308. The SMILES string of the molecule is COc1ccccc1-c1csc(C2CCN(c3ncnc4c(F)cccc34)CC2)n1. The Morgan fingerprint density at radius 2 is 1.90 bits per heavy atom. The predicted molar refractivity (Wildman–Crippen MR) is 118 cm³/mol. The summed E-state index contributed by atoms with van der Waals surface area (Å²) in [5.41, 5.74) is 2.37. The summed E-state index contributed by atoms with van der Waals surface area (Å²) in [5.74, 6) is 1.76. The van der Waals surface area contributed by atoms with E-state index in [0.29, 0.717) is 11.4 Å². The summed E-state index contributed by atoms with van der Waals surface area (Å²) in [6, 6.07) is 13.0. The standard InChI is InChI=1S/C23H21FN4OS/c1-29-20-8-3-2-5-16(20)19-13-30-23(27-19)15-9-11-28(12-10-15)22-17-6-4-7-18(24)21(17)25-14-26-22/h2-8,13-15H,9-12H2,1H3. The Morgan fingerprint density at radius 3 is 2.73 bits per heavy atom. The molecule has 152 valence electrons. The van der Waals surface area contributed by atoms with Gasteiger partial charge in [-0.25, -0.2) is 19.3 Å². The molecule has 2 aromatic carbocycles. The molecule has 5 rings (SSSR count). The molecule has 0 spiro atoms. The lowest BCUT2D eigenvalue weighted by molar-refractivity contribution is 0.416. The molecule has 1 aliphatic rings. The van der Waals surface area contributed by atoms with Gasteiger partial charge >= 0.3 is 0 Å². The third-order valence-corrected chi connectivity index (χ3v) is 6.65. The van der Waals surface area contributed by atoms with Crippen molar-refractivity contribution in [3.05, 3.63) is 65.0 Å². The first kappa shape index (κ1) is 18.9. The van der Waals surface area contributed by atoms with Gasteiger partial charge in [0, 0.05) is 35.3 Å². The van der Waals surface area contributed by atoms with Crippen LogP contribution in [0.5, 0.6) is 5.75 Å². The number of piperidine rings is 1. The van der Waals surface area contributed by atoms with Crippen LogP contribution in [0.3, 0.4) is 0 Å². The number of hydrogen-bond acceptors (Lipinski definition) is 6. The number of halogens is 1. The summed E-state index contributed by atoms with van der Waals surface area (Å²) in [7, 11) is 1.69. The first-order chi connectivity index (χ1) is 14.7. The summed E-state index contributed by atoms with van der Waals surface area (Å²) >= 11 is 1.71. The van der Waals surface area contributed by atoms with Crippen LogP contribution < -0.4 is 9.64 Å². The van der Waals surface area contributed by atoms with Crippen LogP contribution >= 0.6 is 11.3 Å². The molecule has 2 aromatic heterocycles. The van der Waals surface area contributed by atoms with Gasteiger partial charge in [0.2, 0.25) is 0 Å². The van der Waals surface area contributed by atoms with Gasteiger partial charge in [0.05, 0.1) is 17.8 Å². The second-order valence-corrected chi connectivity index (χ2v) is 8.26. The van der Waals surface area contributed by atoms with Crippen LogP contribution in [-0.4, -0.2) is 35.2 Å². The molecule has 0 N–H and O–H groups in total. The van der Waals surface area contributed by atoms with E-state index in [0.717, 1.165) is 59.1 Å². The lowest BCUT2D eigenvalue weighted by atomic mass is 9.97. The van der Waals surface area contributed by atoms with Gasteiger partial charge in [0.1, 0.15) is 29.2 Å². The zero-order valence-corrected chi connectivity index (χ0v) is 17.4. The van der Waals surface area contributed by atoms with E-state index in [1.165, 1.54) is 12.4 Å². The molecule has 7 heteroatoms. The summed E-state index contributed by atoms with van der Waals surface area (Å²) in [5, 5.41) is 4.04. The molecule has 1 aliphatic heterocycles. The number of anilines is 1. The lowest BCUT2D eigenvalue weighted by Crippen LogP contribution is -2.33. The van der Waals surface area contributed by atoms with Crippen molar-refractivity contribution in [2.45, 2.75) is 18.8 Å². The number of thiazole rings is 1. The number of benzene rings is 2. The molecular weight excluding hydrogens is 399 g/mol. The van der Waals surface area contributed by atoms with Crippen LogP contribution in [0.15, 0.2) is 54.2 Å². The second kappa shape index (κ2) is 7.99. The Bertz CT molecular complexity index is 1190. The van der Waals surface area contributed by atoms with E-state index in [1.54, 1.807) is 24.5 Å². The molecule has 30 heavy (non-hydrogen) atoms. The van der Waals surface area contributed by atoms with Gasteiger partial charge in [-0.1, -0.05) is 18.2 Å². The minimum Gasteiger partial charge on any atom is -0.496 e. The topological polar surface area (TPSA) is 51.1 Å². The maximum absolute atomic E-state index is 14.1. The quantitative estimate of drug-likeness (QED) is 0.449. The van der Waals surface area contributed by atoms with Gasteiger partial charge in [0.15, 0.2) is 0 Å². The zero-order chi connectivity index (χ0) is 20.5. The van der Waals surface area contributed by atoms with Crippen molar-refractivity contribution < 1.29 is 9.13 Å². The zero-order valence-electron chi connectivity index (χ0n) is 16.6. The Morgan fingerprint density at radius 1 is 1.07 bits per heavy atom. The van der Waals surface area contributed by atoms with E-state index < -0.39 is 0 Å². The minimum absolute atomic E-state index is 0.308. The normalized spacial score (nSPS) is 14.9. The molecule has 0 atom stereocenters. The van der Waals surface area contributed by atoms with Crippen molar-refractivity contribution in [3.8, 4) is 17.0 Å². The van der Waals surface area contributed by atoms with Crippen LogP contribution in [0.1, 0.15) is 23.8 Å². The fourth-order valence-electron chi connectivity index (χ4n) is 4.08. The third-order valence-electron chi connectivity index (χ3n) is 5.64. The molecule has 0 unspecified atom stereocenters. The second-order valence-electron chi connectivity index (χ2n) is 7.37. The first-order valence-electron chi connectivity index (χ1n) is 9.97. The molecular formula is C23H21FN4OS. The number of aromatic nitrogens is 3. The van der Waals surface area contributed by atoms with Crippen molar-refractivity contribution in [2.24, 2.45) is 0 Å². The van der Waals surface area contributed by atoms with Crippen molar-refractivity contribution >= 4 is 28.1 Å². The van der Waals surface area contributed by atoms with Gasteiger partial charge < -0.3 is 9.64 Å². The van der Waals surface area contributed by atoms with Crippen molar-refractivity contribution in [3.63, 3.8) is 0 Å². The Hall–Kier alpha value is -3.06. The van der Waals surface area contributed by atoms with Gasteiger partial charge in [-0.2, -0.15) is 0 Å². The lowest BCUT2D eigenvalue weighted by Gasteiger charge is -2.32. The number of fused-ring (bicyclic) bond motifs is 1.